The van der Waals surface area contributed by atoms with Gasteiger partial charge in [-0.2, -0.15) is 4.98 Å². The predicted molar refractivity (Wildman–Crippen MR) is 61.3 cm³/mol. The van der Waals surface area contributed by atoms with Crippen LogP contribution in [-0.2, 0) is 0 Å². The molecule has 1 aromatic carbocycles. The Morgan fingerprint density at radius 3 is 2.88 bits per heavy atom. The lowest BCUT2D eigenvalue weighted by atomic mass is 10.1. The van der Waals surface area contributed by atoms with Crippen molar-refractivity contribution in [2.24, 2.45) is 5.41 Å². The predicted octanol–water partition coefficient (Wildman–Crippen LogP) is 2.01. The minimum Gasteiger partial charge on any atom is -0.424 e. The minimum atomic E-state index is 0.0701. The van der Waals surface area contributed by atoms with Crippen molar-refractivity contribution in [3.05, 3.63) is 24.3 Å². The smallest absolute Gasteiger partial charge is 0.295 e. The molecule has 4 heteroatoms. The maximum absolute atomic E-state index is 9.18. The van der Waals surface area contributed by atoms with Crippen LogP contribution in [0.1, 0.15) is 12.8 Å². The van der Waals surface area contributed by atoms with Crippen molar-refractivity contribution in [3.8, 4) is 0 Å². The zero-order valence-electron chi connectivity index (χ0n) is 8.94. The maximum atomic E-state index is 9.18. The van der Waals surface area contributed by atoms with E-state index in [1.54, 1.807) is 0 Å². The Morgan fingerprint density at radius 2 is 2.19 bits per heavy atom. The second-order valence-corrected chi connectivity index (χ2v) is 4.50. The molecule has 1 saturated carbocycles. The fourth-order valence-corrected chi connectivity index (χ4v) is 1.78. The van der Waals surface area contributed by atoms with Crippen LogP contribution in [0.3, 0.4) is 0 Å². The van der Waals surface area contributed by atoms with E-state index in [2.05, 4.69) is 10.3 Å². The summed E-state index contributed by atoms with van der Waals surface area (Å²) in [6, 6.07) is 8.22. The number of rotatable bonds is 4. The second kappa shape index (κ2) is 3.49. The third kappa shape index (κ3) is 1.65. The van der Waals surface area contributed by atoms with Crippen molar-refractivity contribution < 1.29 is 9.52 Å². The van der Waals surface area contributed by atoms with Crippen molar-refractivity contribution in [2.75, 3.05) is 18.5 Å². The van der Waals surface area contributed by atoms with E-state index in [1.165, 1.54) is 0 Å². The number of aromatic nitrogens is 1. The summed E-state index contributed by atoms with van der Waals surface area (Å²) in [6.45, 7) is 0.969. The van der Waals surface area contributed by atoms with E-state index in [1.807, 2.05) is 24.3 Å². The van der Waals surface area contributed by atoms with Gasteiger partial charge in [-0.1, -0.05) is 12.1 Å². The fraction of sp³-hybridized carbons (Fsp3) is 0.417. The van der Waals surface area contributed by atoms with Crippen LogP contribution in [0, 0.1) is 5.41 Å². The molecule has 0 saturated heterocycles. The van der Waals surface area contributed by atoms with Crippen molar-refractivity contribution in [1.82, 2.24) is 4.98 Å². The van der Waals surface area contributed by atoms with Gasteiger partial charge in [0, 0.05) is 12.0 Å². The van der Waals surface area contributed by atoms with E-state index in [0.717, 1.165) is 30.5 Å². The van der Waals surface area contributed by atoms with Gasteiger partial charge in [0.25, 0.3) is 6.01 Å². The number of aliphatic hydroxyl groups excluding tert-OH is 1. The highest BCUT2D eigenvalue weighted by atomic mass is 16.4. The lowest BCUT2D eigenvalue weighted by molar-refractivity contribution is 0.219. The Morgan fingerprint density at radius 1 is 1.38 bits per heavy atom. The number of hydrogen-bond donors (Lipinski definition) is 2. The quantitative estimate of drug-likeness (QED) is 0.824. The average Bonchev–Trinajstić information content (AvgIpc) is 2.98. The Hall–Kier alpha value is -1.55. The standard InChI is InChI=1S/C12H14N2O2/c15-8-12(5-6-12)7-13-11-14-9-3-1-2-4-10(9)16-11/h1-4,15H,5-8H2,(H,13,14). The van der Waals surface area contributed by atoms with Crippen LogP contribution in [0.4, 0.5) is 6.01 Å². The van der Waals surface area contributed by atoms with Crippen molar-refractivity contribution >= 4 is 17.1 Å². The van der Waals surface area contributed by atoms with E-state index in [4.69, 9.17) is 4.42 Å². The van der Waals surface area contributed by atoms with Crippen LogP contribution >= 0.6 is 0 Å². The molecule has 0 aliphatic heterocycles. The number of benzene rings is 1. The molecule has 0 radical (unpaired) electrons. The molecule has 84 valence electrons. The van der Waals surface area contributed by atoms with Gasteiger partial charge in [-0.25, -0.2) is 0 Å². The molecule has 0 unspecified atom stereocenters. The highest BCUT2D eigenvalue weighted by Gasteiger charge is 2.41. The first kappa shape index (κ1) is 9.66. The summed E-state index contributed by atoms with van der Waals surface area (Å²) in [5, 5.41) is 12.3. The third-order valence-electron chi connectivity index (χ3n) is 3.20. The van der Waals surface area contributed by atoms with Crippen LogP contribution in [0.2, 0.25) is 0 Å². The first-order chi connectivity index (χ1) is 7.81. The SMILES string of the molecule is OCC1(CNc2nc3ccccc3o2)CC1. The van der Waals surface area contributed by atoms with Gasteiger partial charge in [-0.15, -0.1) is 0 Å². The average molecular weight is 218 g/mol. The molecule has 0 bridgehead atoms. The van der Waals surface area contributed by atoms with Gasteiger partial charge in [-0.05, 0) is 25.0 Å². The summed E-state index contributed by atoms with van der Waals surface area (Å²) < 4.78 is 5.53. The van der Waals surface area contributed by atoms with Gasteiger partial charge in [-0.3, -0.25) is 0 Å². The lowest BCUT2D eigenvalue weighted by Crippen LogP contribution is -2.19. The zero-order valence-corrected chi connectivity index (χ0v) is 8.94. The molecule has 1 aliphatic carbocycles. The number of nitrogens with zero attached hydrogens (tertiary/aromatic N) is 1. The molecule has 0 amide bonds. The summed E-state index contributed by atoms with van der Waals surface area (Å²) in [7, 11) is 0. The van der Waals surface area contributed by atoms with Crippen molar-refractivity contribution in [3.63, 3.8) is 0 Å². The number of hydrogen-bond acceptors (Lipinski definition) is 4. The van der Waals surface area contributed by atoms with Crippen LogP contribution in [-0.4, -0.2) is 23.2 Å². The number of aliphatic hydroxyl groups is 1. The summed E-state index contributed by atoms with van der Waals surface area (Å²) in [5.74, 6) is 0. The Balaban J connectivity index is 1.74. The van der Waals surface area contributed by atoms with Crippen LogP contribution < -0.4 is 5.32 Å². The highest BCUT2D eigenvalue weighted by molar-refractivity contribution is 5.74. The van der Waals surface area contributed by atoms with E-state index in [0.29, 0.717) is 6.01 Å². The third-order valence-corrected chi connectivity index (χ3v) is 3.20. The molecule has 2 N–H and O–H groups in total. The van der Waals surface area contributed by atoms with Gasteiger partial charge in [0.2, 0.25) is 0 Å². The van der Waals surface area contributed by atoms with Gasteiger partial charge in [0.1, 0.15) is 5.52 Å². The van der Waals surface area contributed by atoms with E-state index in [-0.39, 0.29) is 12.0 Å². The first-order valence-electron chi connectivity index (χ1n) is 5.52. The molecule has 3 rings (SSSR count). The number of fused-ring (bicyclic) bond motifs is 1. The second-order valence-electron chi connectivity index (χ2n) is 4.50. The summed E-state index contributed by atoms with van der Waals surface area (Å²) >= 11 is 0. The fourth-order valence-electron chi connectivity index (χ4n) is 1.78. The highest BCUT2D eigenvalue weighted by Crippen LogP contribution is 2.44. The van der Waals surface area contributed by atoms with Crippen molar-refractivity contribution in [1.29, 1.82) is 0 Å². The van der Waals surface area contributed by atoms with Crippen molar-refractivity contribution in [2.45, 2.75) is 12.8 Å². The van der Waals surface area contributed by atoms with E-state index >= 15 is 0 Å². The van der Waals surface area contributed by atoms with Gasteiger partial charge >= 0.3 is 0 Å². The van der Waals surface area contributed by atoms with E-state index in [9.17, 15) is 5.11 Å². The van der Waals surface area contributed by atoms with E-state index < -0.39 is 0 Å². The monoisotopic (exact) mass is 218 g/mol. The number of oxazole rings is 1. The van der Waals surface area contributed by atoms with Gasteiger partial charge in [0.15, 0.2) is 5.58 Å². The van der Waals surface area contributed by atoms with Crippen LogP contribution in [0.5, 0.6) is 0 Å². The summed E-state index contributed by atoms with van der Waals surface area (Å²) in [6.07, 6.45) is 2.16. The normalized spacial score (nSPS) is 17.6. The molecule has 4 nitrogen and oxygen atoms in total. The number of anilines is 1. The van der Waals surface area contributed by atoms with Gasteiger partial charge in [0.05, 0.1) is 6.61 Å². The van der Waals surface area contributed by atoms with Gasteiger partial charge < -0.3 is 14.8 Å². The molecule has 0 atom stereocenters. The first-order valence-corrected chi connectivity index (χ1v) is 5.52. The Labute approximate surface area is 93.3 Å². The molecule has 1 fully saturated rings. The zero-order chi connectivity index (χ0) is 11.0. The maximum Gasteiger partial charge on any atom is 0.295 e. The van der Waals surface area contributed by atoms with Crippen LogP contribution in [0.25, 0.3) is 11.1 Å². The minimum absolute atomic E-state index is 0.0701. The van der Waals surface area contributed by atoms with Crippen LogP contribution in [0.15, 0.2) is 28.7 Å². The number of para-hydroxylation sites is 2. The number of nitrogens with one attached hydrogen (secondary N) is 1. The molecule has 1 heterocycles. The topological polar surface area (TPSA) is 58.3 Å². The Bertz CT molecular complexity index is 469. The molecule has 0 spiro atoms. The Kier molecular flexibility index (Phi) is 2.11. The molecule has 1 aromatic heterocycles. The molecule has 16 heavy (non-hydrogen) atoms. The molecular weight excluding hydrogens is 204 g/mol. The molecule has 1 aliphatic rings. The molecular formula is C12H14N2O2. The largest absolute Gasteiger partial charge is 0.424 e. The molecule has 2 aromatic rings. The lowest BCUT2D eigenvalue weighted by Gasteiger charge is -2.10. The summed E-state index contributed by atoms with van der Waals surface area (Å²) in [4.78, 5) is 4.32. The summed E-state index contributed by atoms with van der Waals surface area (Å²) in [5.41, 5.74) is 1.72.